The highest BCUT2D eigenvalue weighted by molar-refractivity contribution is 7.92. The first-order valence-electron chi connectivity index (χ1n) is 15.2. The monoisotopic (exact) mass is 665 g/mol. The lowest BCUT2D eigenvalue weighted by molar-refractivity contribution is -0.140. The number of amides is 2. The van der Waals surface area contributed by atoms with Gasteiger partial charge < -0.3 is 10.2 Å². The topological polar surface area (TPSA) is 86.8 Å². The Bertz CT molecular complexity index is 1770. The summed E-state index contributed by atoms with van der Waals surface area (Å²) in [6.45, 7) is 4.71. The van der Waals surface area contributed by atoms with Crippen molar-refractivity contribution in [2.24, 2.45) is 0 Å². The van der Waals surface area contributed by atoms with Crippen molar-refractivity contribution in [3.05, 3.63) is 131 Å². The van der Waals surface area contributed by atoms with Crippen LogP contribution >= 0.6 is 0 Å². The van der Waals surface area contributed by atoms with Gasteiger partial charge in [-0.2, -0.15) is 13.2 Å². The molecular weight excluding hydrogens is 627 g/mol. The van der Waals surface area contributed by atoms with Gasteiger partial charge in [-0.3, -0.25) is 13.9 Å². The molecule has 0 aliphatic heterocycles. The number of hydrogen-bond acceptors (Lipinski definition) is 4. The minimum atomic E-state index is -4.76. The molecule has 0 radical (unpaired) electrons. The van der Waals surface area contributed by atoms with Gasteiger partial charge in [-0.05, 0) is 67.3 Å². The van der Waals surface area contributed by atoms with Crippen molar-refractivity contribution in [3.8, 4) is 0 Å². The summed E-state index contributed by atoms with van der Waals surface area (Å²) in [5.41, 5.74) is 0.939. The molecule has 0 bridgehead atoms. The van der Waals surface area contributed by atoms with Crippen LogP contribution in [0, 0.1) is 6.92 Å². The predicted molar refractivity (Wildman–Crippen MR) is 176 cm³/mol. The zero-order chi connectivity index (χ0) is 34.2. The Morgan fingerprint density at radius 3 is 2.09 bits per heavy atom. The van der Waals surface area contributed by atoms with E-state index in [0.717, 1.165) is 28.8 Å². The van der Waals surface area contributed by atoms with E-state index in [-0.39, 0.29) is 29.6 Å². The van der Waals surface area contributed by atoms with E-state index in [1.165, 1.54) is 35.2 Å². The fourth-order valence-electron chi connectivity index (χ4n) is 5.05. The molecular formula is C36H38F3N3O4S. The molecule has 0 spiro atoms. The van der Waals surface area contributed by atoms with Crippen molar-refractivity contribution in [2.45, 2.75) is 63.3 Å². The van der Waals surface area contributed by atoms with Crippen LogP contribution in [0.4, 0.5) is 18.9 Å². The molecule has 0 saturated heterocycles. The van der Waals surface area contributed by atoms with Crippen LogP contribution in [0.5, 0.6) is 0 Å². The minimum absolute atomic E-state index is 0.0429. The molecule has 0 unspecified atom stereocenters. The molecule has 4 aromatic rings. The van der Waals surface area contributed by atoms with Crippen LogP contribution in [0.25, 0.3) is 0 Å². The average Bonchev–Trinajstić information content (AvgIpc) is 3.06. The molecule has 248 valence electrons. The van der Waals surface area contributed by atoms with E-state index < -0.39 is 46.2 Å². The maximum atomic E-state index is 14.5. The summed E-state index contributed by atoms with van der Waals surface area (Å²) in [6.07, 6.45) is -4.00. The van der Waals surface area contributed by atoms with Gasteiger partial charge in [0.1, 0.15) is 12.6 Å². The van der Waals surface area contributed by atoms with E-state index in [4.69, 9.17) is 0 Å². The zero-order valence-corrected chi connectivity index (χ0v) is 27.3. The van der Waals surface area contributed by atoms with Crippen LogP contribution in [-0.4, -0.2) is 43.8 Å². The lowest BCUT2D eigenvalue weighted by Crippen LogP contribution is -2.54. The van der Waals surface area contributed by atoms with Crippen LogP contribution in [0.1, 0.15) is 42.5 Å². The highest BCUT2D eigenvalue weighted by atomic mass is 32.2. The van der Waals surface area contributed by atoms with E-state index in [1.807, 2.05) is 69.3 Å². The van der Waals surface area contributed by atoms with Crippen molar-refractivity contribution < 1.29 is 31.2 Å². The van der Waals surface area contributed by atoms with E-state index in [2.05, 4.69) is 5.32 Å². The van der Waals surface area contributed by atoms with Gasteiger partial charge in [0, 0.05) is 19.0 Å². The summed E-state index contributed by atoms with van der Waals surface area (Å²) in [5, 5.41) is 2.96. The van der Waals surface area contributed by atoms with E-state index in [0.29, 0.717) is 16.8 Å². The molecule has 2 atom stereocenters. The molecule has 0 heterocycles. The van der Waals surface area contributed by atoms with E-state index in [9.17, 15) is 31.2 Å². The average molecular weight is 666 g/mol. The molecule has 0 fully saturated rings. The summed E-state index contributed by atoms with van der Waals surface area (Å²) >= 11 is 0. The van der Waals surface area contributed by atoms with Gasteiger partial charge in [-0.15, -0.1) is 0 Å². The Hall–Kier alpha value is -4.64. The number of sulfonamides is 1. The molecule has 4 rings (SSSR count). The smallest absolute Gasteiger partial charge is 0.352 e. The lowest BCUT2D eigenvalue weighted by Gasteiger charge is -2.34. The fourth-order valence-corrected chi connectivity index (χ4v) is 6.48. The maximum absolute atomic E-state index is 14.5. The Morgan fingerprint density at radius 1 is 0.851 bits per heavy atom. The number of benzene rings is 4. The summed E-state index contributed by atoms with van der Waals surface area (Å²) in [5.74, 6) is -1.19. The number of halogens is 3. The summed E-state index contributed by atoms with van der Waals surface area (Å²) < 4.78 is 70.1. The van der Waals surface area contributed by atoms with Crippen LogP contribution in [0.2, 0.25) is 0 Å². The number of alkyl halides is 3. The quantitative estimate of drug-likeness (QED) is 0.171. The van der Waals surface area contributed by atoms with E-state index in [1.54, 1.807) is 12.1 Å². The predicted octanol–water partition coefficient (Wildman–Crippen LogP) is 6.76. The summed E-state index contributed by atoms with van der Waals surface area (Å²) in [7, 11) is -4.54. The van der Waals surface area contributed by atoms with Crippen molar-refractivity contribution in [1.82, 2.24) is 10.2 Å². The molecule has 0 saturated carbocycles. The maximum Gasteiger partial charge on any atom is 0.416 e. The molecule has 0 aliphatic rings. The number of carbonyl (C=O) groups is 2. The SMILES string of the molecule is CC[C@H](C)NC(=O)[C@H](Cc1ccccc1)N(Cc1ccccc1C)C(=O)CN(c1cccc(C(F)(F)F)c1)S(=O)(=O)c1ccccc1. The van der Waals surface area contributed by atoms with Crippen LogP contribution in [0.3, 0.4) is 0 Å². The molecule has 4 aromatic carbocycles. The third-order valence-corrected chi connectivity index (χ3v) is 9.73. The number of hydrogen-bond donors (Lipinski definition) is 1. The highest BCUT2D eigenvalue weighted by Crippen LogP contribution is 2.33. The Kier molecular flexibility index (Phi) is 11.5. The second-order valence-electron chi connectivity index (χ2n) is 11.3. The van der Waals surface area contributed by atoms with Gasteiger partial charge in [0.2, 0.25) is 11.8 Å². The standard InChI is InChI=1S/C36H38F3N3O4S/c1-4-27(3)40-35(44)33(22-28-15-7-5-8-16-28)41(24-29-17-12-11-14-26(29)2)34(43)25-42(47(45,46)32-20-9-6-10-21-32)31-19-13-18-30(23-31)36(37,38)39/h5-21,23,27,33H,4,22,24-25H2,1-3H3,(H,40,44)/t27-,33-/m0/s1. The molecule has 11 heteroatoms. The summed E-state index contributed by atoms with van der Waals surface area (Å²) in [4.78, 5) is 29.5. The molecule has 7 nitrogen and oxygen atoms in total. The lowest BCUT2D eigenvalue weighted by atomic mass is 10.0. The van der Waals surface area contributed by atoms with Gasteiger partial charge in [-0.1, -0.05) is 85.8 Å². The van der Waals surface area contributed by atoms with Crippen molar-refractivity contribution >= 4 is 27.5 Å². The van der Waals surface area contributed by atoms with Crippen molar-refractivity contribution in [1.29, 1.82) is 0 Å². The van der Waals surface area contributed by atoms with Gasteiger partial charge in [0.25, 0.3) is 10.0 Å². The number of rotatable bonds is 13. The molecule has 0 aliphatic carbocycles. The van der Waals surface area contributed by atoms with Gasteiger partial charge >= 0.3 is 6.18 Å². The number of anilines is 1. The highest BCUT2D eigenvalue weighted by Gasteiger charge is 2.36. The van der Waals surface area contributed by atoms with Crippen LogP contribution in [0.15, 0.2) is 114 Å². The second-order valence-corrected chi connectivity index (χ2v) is 13.2. The third-order valence-electron chi connectivity index (χ3n) is 7.95. The minimum Gasteiger partial charge on any atom is -0.352 e. The first-order valence-corrected chi connectivity index (χ1v) is 16.7. The Balaban J connectivity index is 1.85. The molecule has 2 amide bonds. The van der Waals surface area contributed by atoms with Crippen LogP contribution in [-0.2, 0) is 38.8 Å². The summed E-state index contributed by atoms with van der Waals surface area (Å²) in [6, 6.07) is 26.2. The number of nitrogens with one attached hydrogen (secondary N) is 1. The second kappa shape index (κ2) is 15.3. The molecule has 0 aromatic heterocycles. The first-order chi connectivity index (χ1) is 22.3. The number of nitrogens with zero attached hydrogens (tertiary/aromatic N) is 2. The van der Waals surface area contributed by atoms with Gasteiger partial charge in [-0.25, -0.2) is 8.42 Å². The van der Waals surface area contributed by atoms with Crippen molar-refractivity contribution in [3.63, 3.8) is 0 Å². The number of aryl methyl sites for hydroxylation is 1. The van der Waals surface area contributed by atoms with Gasteiger partial charge in [0.05, 0.1) is 16.1 Å². The van der Waals surface area contributed by atoms with Gasteiger partial charge in [0.15, 0.2) is 0 Å². The first kappa shape index (κ1) is 35.2. The van der Waals surface area contributed by atoms with E-state index >= 15 is 0 Å². The largest absolute Gasteiger partial charge is 0.416 e. The zero-order valence-electron chi connectivity index (χ0n) is 26.4. The normalized spacial score (nSPS) is 13.0. The molecule has 1 N–H and O–H groups in total. The third kappa shape index (κ3) is 9.00. The number of carbonyl (C=O) groups excluding carboxylic acids is 2. The molecule has 47 heavy (non-hydrogen) atoms. The van der Waals surface area contributed by atoms with Crippen molar-refractivity contribution in [2.75, 3.05) is 10.8 Å². The van der Waals surface area contributed by atoms with Crippen LogP contribution < -0.4 is 9.62 Å². The Morgan fingerprint density at radius 2 is 1.47 bits per heavy atom. The Labute approximate surface area is 274 Å². The fraction of sp³-hybridized carbons (Fsp3) is 0.278.